The molecule has 0 aliphatic carbocycles. The van der Waals surface area contributed by atoms with Gasteiger partial charge in [-0.3, -0.25) is 9.59 Å². The fourth-order valence-electron chi connectivity index (χ4n) is 3.85. The number of unbranched alkanes of at least 4 members (excludes halogenated alkanes) is 1. The number of hydrogen-bond acceptors (Lipinski definition) is 5. The van der Waals surface area contributed by atoms with Gasteiger partial charge in [0.1, 0.15) is 11.5 Å². The molecular formula is C26H31ClN2O4. The Labute approximate surface area is 200 Å². The number of Topliss-reactive ketones (excluding diaryl/α,β-unsaturated/α-hetero) is 1. The number of carbonyl (C=O) groups is 2. The minimum atomic E-state index is -0.692. The molecule has 0 unspecified atom stereocenters. The molecule has 1 N–H and O–H groups in total. The number of aliphatic hydroxyl groups is 1. The molecule has 0 radical (unpaired) electrons. The van der Waals surface area contributed by atoms with Crippen LogP contribution in [-0.4, -0.2) is 60.4 Å². The average Bonchev–Trinajstić information content (AvgIpc) is 3.03. The van der Waals surface area contributed by atoms with Gasteiger partial charge in [0.25, 0.3) is 11.7 Å². The van der Waals surface area contributed by atoms with Crippen LogP contribution >= 0.6 is 11.6 Å². The number of amides is 1. The van der Waals surface area contributed by atoms with E-state index in [0.717, 1.165) is 29.7 Å². The largest absolute Gasteiger partial charge is 0.507 e. The van der Waals surface area contributed by atoms with Crippen molar-refractivity contribution in [1.29, 1.82) is 0 Å². The molecule has 7 heteroatoms. The van der Waals surface area contributed by atoms with E-state index in [4.69, 9.17) is 16.3 Å². The lowest BCUT2D eigenvalue weighted by atomic mass is 9.95. The van der Waals surface area contributed by atoms with Gasteiger partial charge in [0.05, 0.1) is 18.2 Å². The normalized spacial score (nSPS) is 17.8. The Morgan fingerprint density at radius 1 is 1.15 bits per heavy atom. The Morgan fingerprint density at radius 3 is 2.45 bits per heavy atom. The lowest BCUT2D eigenvalue weighted by Crippen LogP contribution is -2.35. The van der Waals surface area contributed by atoms with Crippen LogP contribution in [0.5, 0.6) is 5.75 Å². The number of aliphatic hydroxyl groups excluding tert-OH is 1. The number of halogens is 1. The molecule has 0 saturated carbocycles. The van der Waals surface area contributed by atoms with Gasteiger partial charge < -0.3 is 19.6 Å². The Morgan fingerprint density at radius 2 is 1.85 bits per heavy atom. The Balaban J connectivity index is 2.04. The Bertz CT molecular complexity index is 1050. The standard InChI is InChI=1S/C26H31ClN2O4/c1-5-6-15-33-21-12-9-19(16-17(21)2)24(30)22-23(18-7-10-20(27)11-8-18)29(14-13-28(3)4)26(32)25(22)31/h7-12,16,23,30H,5-6,13-15H2,1-4H3/b24-22+/t23-/m0/s1. The zero-order chi connectivity index (χ0) is 24.1. The minimum absolute atomic E-state index is 0.0835. The number of carbonyl (C=O) groups excluding carboxylic acids is 2. The number of nitrogens with zero attached hydrogens (tertiary/aromatic N) is 2. The topological polar surface area (TPSA) is 70.1 Å². The van der Waals surface area contributed by atoms with E-state index in [2.05, 4.69) is 6.92 Å². The number of benzene rings is 2. The number of likely N-dealkylation sites (tertiary alicyclic amines) is 1. The van der Waals surface area contributed by atoms with Crippen molar-refractivity contribution in [3.63, 3.8) is 0 Å². The van der Waals surface area contributed by atoms with E-state index < -0.39 is 17.7 Å². The number of ether oxygens (including phenoxy) is 1. The predicted molar refractivity (Wildman–Crippen MR) is 131 cm³/mol. The zero-order valence-corrected chi connectivity index (χ0v) is 20.4. The second-order valence-corrected chi connectivity index (χ2v) is 8.97. The van der Waals surface area contributed by atoms with Crippen LogP contribution in [0.3, 0.4) is 0 Å². The molecule has 6 nitrogen and oxygen atoms in total. The quantitative estimate of drug-likeness (QED) is 0.246. The Kier molecular flexibility index (Phi) is 8.16. The smallest absolute Gasteiger partial charge is 0.295 e. The van der Waals surface area contributed by atoms with Crippen LogP contribution in [0.25, 0.3) is 5.76 Å². The maximum absolute atomic E-state index is 13.1. The van der Waals surface area contributed by atoms with Gasteiger partial charge in [-0.05, 0) is 68.9 Å². The van der Waals surface area contributed by atoms with Crippen molar-refractivity contribution < 1.29 is 19.4 Å². The summed E-state index contributed by atoms with van der Waals surface area (Å²) in [6.45, 7) is 5.55. The van der Waals surface area contributed by atoms with Crippen LogP contribution < -0.4 is 4.74 Å². The minimum Gasteiger partial charge on any atom is -0.507 e. The van der Waals surface area contributed by atoms with Crippen molar-refractivity contribution in [3.8, 4) is 5.75 Å². The molecule has 176 valence electrons. The SMILES string of the molecule is CCCCOc1ccc(/C(O)=C2\C(=O)C(=O)N(CCN(C)C)[C@H]2c2ccc(Cl)cc2)cc1C. The van der Waals surface area contributed by atoms with Crippen LogP contribution in [0.1, 0.15) is 42.5 Å². The maximum Gasteiger partial charge on any atom is 0.295 e. The molecule has 1 aliphatic rings. The molecule has 0 aromatic heterocycles. The highest BCUT2D eigenvalue weighted by molar-refractivity contribution is 6.46. The lowest BCUT2D eigenvalue weighted by Gasteiger charge is -2.26. The van der Waals surface area contributed by atoms with Gasteiger partial charge in [0, 0.05) is 23.7 Å². The summed E-state index contributed by atoms with van der Waals surface area (Å²) in [4.78, 5) is 29.5. The third-order valence-electron chi connectivity index (χ3n) is 5.72. The monoisotopic (exact) mass is 470 g/mol. The Hall–Kier alpha value is -2.83. The van der Waals surface area contributed by atoms with Gasteiger partial charge in [-0.2, -0.15) is 0 Å². The van der Waals surface area contributed by atoms with Crippen LogP contribution in [0, 0.1) is 6.92 Å². The summed E-state index contributed by atoms with van der Waals surface area (Å²) in [5, 5.41) is 11.8. The zero-order valence-electron chi connectivity index (χ0n) is 19.6. The summed E-state index contributed by atoms with van der Waals surface area (Å²) in [6.07, 6.45) is 2.00. The molecular weight excluding hydrogens is 440 g/mol. The van der Waals surface area contributed by atoms with Crippen molar-refractivity contribution in [2.24, 2.45) is 0 Å². The van der Waals surface area contributed by atoms with E-state index >= 15 is 0 Å². The molecule has 1 saturated heterocycles. The van der Waals surface area contributed by atoms with E-state index in [9.17, 15) is 14.7 Å². The van der Waals surface area contributed by atoms with Crippen molar-refractivity contribution in [2.75, 3.05) is 33.8 Å². The number of aryl methyl sites for hydroxylation is 1. The van der Waals surface area contributed by atoms with Gasteiger partial charge in [0.2, 0.25) is 0 Å². The van der Waals surface area contributed by atoms with E-state index in [1.54, 1.807) is 42.5 Å². The summed E-state index contributed by atoms with van der Waals surface area (Å²) in [6, 6.07) is 11.6. The average molecular weight is 471 g/mol. The highest BCUT2D eigenvalue weighted by atomic mass is 35.5. The molecule has 2 aromatic carbocycles. The van der Waals surface area contributed by atoms with Gasteiger partial charge >= 0.3 is 0 Å². The highest BCUT2D eigenvalue weighted by Crippen LogP contribution is 2.40. The molecule has 1 aliphatic heterocycles. The molecule has 33 heavy (non-hydrogen) atoms. The van der Waals surface area contributed by atoms with Crippen molar-refractivity contribution in [2.45, 2.75) is 32.7 Å². The number of hydrogen-bond donors (Lipinski definition) is 1. The molecule has 1 amide bonds. The maximum atomic E-state index is 13.1. The third kappa shape index (κ3) is 5.57. The number of rotatable bonds is 9. The first-order valence-corrected chi connectivity index (χ1v) is 11.5. The van der Waals surface area contributed by atoms with Crippen LogP contribution in [-0.2, 0) is 9.59 Å². The van der Waals surface area contributed by atoms with Crippen LogP contribution in [0.4, 0.5) is 0 Å². The van der Waals surface area contributed by atoms with Crippen molar-refractivity contribution in [3.05, 3.63) is 69.8 Å². The molecule has 1 heterocycles. The van der Waals surface area contributed by atoms with Gasteiger partial charge in [-0.15, -0.1) is 0 Å². The highest BCUT2D eigenvalue weighted by Gasteiger charge is 2.45. The lowest BCUT2D eigenvalue weighted by molar-refractivity contribution is -0.140. The molecule has 3 rings (SSSR count). The number of likely N-dealkylation sites (N-methyl/N-ethyl adjacent to an activating group) is 1. The first-order chi connectivity index (χ1) is 15.7. The number of ketones is 1. The third-order valence-corrected chi connectivity index (χ3v) is 5.97. The van der Waals surface area contributed by atoms with Crippen LogP contribution in [0.2, 0.25) is 5.02 Å². The fraction of sp³-hybridized carbons (Fsp3) is 0.385. The van der Waals surface area contributed by atoms with Gasteiger partial charge in [-0.25, -0.2) is 0 Å². The second-order valence-electron chi connectivity index (χ2n) is 8.53. The summed E-state index contributed by atoms with van der Waals surface area (Å²) in [7, 11) is 3.81. The van der Waals surface area contributed by atoms with Gasteiger partial charge in [-0.1, -0.05) is 37.1 Å². The first-order valence-electron chi connectivity index (χ1n) is 11.2. The van der Waals surface area contributed by atoms with E-state index in [0.29, 0.717) is 30.3 Å². The van der Waals surface area contributed by atoms with Crippen molar-refractivity contribution >= 4 is 29.1 Å². The van der Waals surface area contributed by atoms with E-state index in [-0.39, 0.29) is 11.3 Å². The summed E-state index contributed by atoms with van der Waals surface area (Å²) in [5.41, 5.74) is 2.12. The first kappa shape index (κ1) is 24.8. The fourth-order valence-corrected chi connectivity index (χ4v) is 3.98. The van der Waals surface area contributed by atoms with Crippen molar-refractivity contribution in [1.82, 2.24) is 9.80 Å². The molecule has 2 aromatic rings. The molecule has 1 fully saturated rings. The molecule has 0 bridgehead atoms. The van der Waals surface area contributed by atoms with Gasteiger partial charge in [0.15, 0.2) is 0 Å². The second kappa shape index (κ2) is 10.9. The summed E-state index contributed by atoms with van der Waals surface area (Å²) < 4.78 is 5.80. The summed E-state index contributed by atoms with van der Waals surface area (Å²) in [5.74, 6) is -0.758. The molecule has 1 atom stereocenters. The predicted octanol–water partition coefficient (Wildman–Crippen LogP) is 4.81. The summed E-state index contributed by atoms with van der Waals surface area (Å²) >= 11 is 6.06. The molecule has 0 spiro atoms. The van der Waals surface area contributed by atoms with E-state index in [1.165, 1.54) is 4.90 Å². The van der Waals surface area contributed by atoms with Crippen LogP contribution in [0.15, 0.2) is 48.0 Å². The van der Waals surface area contributed by atoms with E-state index in [1.807, 2.05) is 25.9 Å².